The Morgan fingerprint density at radius 2 is 1.89 bits per heavy atom. The first-order chi connectivity index (χ1) is 17.8. The fourth-order valence-corrected chi connectivity index (χ4v) is 5.92. The summed E-state index contributed by atoms with van der Waals surface area (Å²) in [5, 5.41) is 2.95. The topological polar surface area (TPSA) is 52.7 Å². The number of fused-ring (bicyclic) bond motifs is 1. The molecule has 1 unspecified atom stereocenters. The van der Waals surface area contributed by atoms with Crippen LogP contribution in [-0.2, 0) is 15.8 Å². The first-order valence-corrected chi connectivity index (χ1v) is 13.6. The van der Waals surface area contributed by atoms with Crippen LogP contribution in [0.1, 0.15) is 50.2 Å². The number of nitrogens with zero attached hydrogens (tertiary/aromatic N) is 2. The molecule has 9 heteroatoms. The number of likely N-dealkylation sites (tertiary alicyclic amines) is 1. The maximum Gasteiger partial charge on any atom is 0.416 e. The number of rotatable bonds is 8. The van der Waals surface area contributed by atoms with Crippen molar-refractivity contribution in [3.05, 3.63) is 64.6 Å². The monoisotopic (exact) mass is 531 g/mol. The second kappa shape index (κ2) is 12.2. The predicted molar refractivity (Wildman–Crippen MR) is 141 cm³/mol. The van der Waals surface area contributed by atoms with Crippen molar-refractivity contribution >= 4 is 35.3 Å². The van der Waals surface area contributed by atoms with Gasteiger partial charge in [0.05, 0.1) is 16.2 Å². The van der Waals surface area contributed by atoms with Crippen LogP contribution in [0.5, 0.6) is 0 Å². The number of thioether (sulfide) groups is 1. The number of anilines is 1. The molecule has 0 spiro atoms. The van der Waals surface area contributed by atoms with Gasteiger partial charge in [0.15, 0.2) is 0 Å². The SMILES string of the molecule is CCC1CCCCN1CCCNC(=O)CN1C(=O)C(=Cc2ccc(C(F)(F)F)cc2)Sc2ccccc21. The van der Waals surface area contributed by atoms with E-state index in [-0.39, 0.29) is 18.4 Å². The number of alkyl halides is 3. The Labute approximate surface area is 220 Å². The molecule has 0 radical (unpaired) electrons. The number of nitrogens with one attached hydrogen (secondary N) is 1. The molecular formula is C28H32F3N3O2S. The van der Waals surface area contributed by atoms with Gasteiger partial charge in [0.25, 0.3) is 5.91 Å². The summed E-state index contributed by atoms with van der Waals surface area (Å²) in [5.41, 5.74) is 0.387. The molecule has 0 saturated carbocycles. The van der Waals surface area contributed by atoms with Gasteiger partial charge in [-0.05, 0) is 68.1 Å². The summed E-state index contributed by atoms with van der Waals surface area (Å²) in [5.74, 6) is -0.590. The van der Waals surface area contributed by atoms with Crippen molar-refractivity contribution in [3.8, 4) is 0 Å². The zero-order valence-electron chi connectivity index (χ0n) is 20.9. The van der Waals surface area contributed by atoms with Crippen LogP contribution in [0.25, 0.3) is 6.08 Å². The highest BCUT2D eigenvalue weighted by Crippen LogP contribution is 2.42. The highest BCUT2D eigenvalue weighted by atomic mass is 32.2. The standard InChI is InChI=1S/C28H32F3N3O2S/c1-2-22-8-5-6-16-33(22)17-7-15-32-26(35)19-34-23-9-3-4-10-24(23)37-25(27(34)36)18-20-11-13-21(14-12-20)28(29,30)31/h3-4,9-14,18,22H,2,5-8,15-17,19H2,1H3,(H,32,35). The molecule has 4 rings (SSSR count). The lowest BCUT2D eigenvalue weighted by Crippen LogP contribution is -2.44. The minimum absolute atomic E-state index is 0.123. The van der Waals surface area contributed by atoms with Crippen molar-refractivity contribution in [2.75, 3.05) is 31.1 Å². The van der Waals surface area contributed by atoms with E-state index in [0.717, 1.165) is 43.0 Å². The number of para-hydroxylation sites is 1. The summed E-state index contributed by atoms with van der Waals surface area (Å²) in [6.45, 7) is 4.69. The number of hydrogen-bond acceptors (Lipinski definition) is 4. The third-order valence-corrected chi connectivity index (χ3v) is 7.91. The smallest absolute Gasteiger partial charge is 0.355 e. The van der Waals surface area contributed by atoms with Gasteiger partial charge in [-0.25, -0.2) is 0 Å². The van der Waals surface area contributed by atoms with E-state index in [0.29, 0.717) is 28.7 Å². The Kier molecular flexibility index (Phi) is 8.97. The van der Waals surface area contributed by atoms with Crippen LogP contribution < -0.4 is 10.2 Å². The molecule has 198 valence electrons. The molecule has 0 aromatic heterocycles. The highest BCUT2D eigenvalue weighted by molar-refractivity contribution is 8.04. The molecule has 1 N–H and O–H groups in total. The van der Waals surface area contributed by atoms with Crippen molar-refractivity contribution in [3.63, 3.8) is 0 Å². The number of amides is 2. The van der Waals surface area contributed by atoms with E-state index in [1.54, 1.807) is 12.1 Å². The fourth-order valence-electron chi connectivity index (χ4n) is 4.87. The summed E-state index contributed by atoms with van der Waals surface area (Å²) in [6, 6.07) is 12.6. The van der Waals surface area contributed by atoms with Gasteiger partial charge in [-0.1, -0.05) is 49.4 Å². The van der Waals surface area contributed by atoms with E-state index >= 15 is 0 Å². The zero-order valence-corrected chi connectivity index (χ0v) is 21.7. The van der Waals surface area contributed by atoms with Gasteiger partial charge >= 0.3 is 6.18 Å². The number of carbonyl (C=O) groups is 2. The van der Waals surface area contributed by atoms with E-state index < -0.39 is 11.7 Å². The molecule has 37 heavy (non-hydrogen) atoms. The zero-order chi connectivity index (χ0) is 26.4. The van der Waals surface area contributed by atoms with Crippen LogP contribution in [0.15, 0.2) is 58.3 Å². The maximum atomic E-state index is 13.3. The Bertz CT molecular complexity index is 1130. The van der Waals surface area contributed by atoms with Crippen molar-refractivity contribution in [1.82, 2.24) is 10.2 Å². The highest BCUT2D eigenvalue weighted by Gasteiger charge is 2.32. The quantitative estimate of drug-likeness (QED) is 0.338. The Morgan fingerprint density at radius 3 is 2.62 bits per heavy atom. The summed E-state index contributed by atoms with van der Waals surface area (Å²) in [6.07, 6.45) is 2.88. The first kappa shape index (κ1) is 27.3. The van der Waals surface area contributed by atoms with Crippen LogP contribution in [0.4, 0.5) is 18.9 Å². The molecule has 2 heterocycles. The molecule has 1 saturated heterocycles. The number of benzene rings is 2. The molecule has 5 nitrogen and oxygen atoms in total. The lowest BCUT2D eigenvalue weighted by Gasteiger charge is -2.35. The van der Waals surface area contributed by atoms with E-state index in [1.807, 2.05) is 18.2 Å². The van der Waals surface area contributed by atoms with Gasteiger partial charge in [0, 0.05) is 24.0 Å². The normalized spacial score (nSPS) is 19.7. The third kappa shape index (κ3) is 6.96. The molecule has 2 aromatic carbocycles. The minimum Gasteiger partial charge on any atom is -0.355 e. The number of halogens is 3. The Morgan fingerprint density at radius 1 is 1.14 bits per heavy atom. The van der Waals surface area contributed by atoms with Crippen LogP contribution in [0.2, 0.25) is 0 Å². The van der Waals surface area contributed by atoms with Gasteiger partial charge in [0.1, 0.15) is 6.54 Å². The van der Waals surface area contributed by atoms with Gasteiger partial charge in [-0.3, -0.25) is 14.5 Å². The van der Waals surface area contributed by atoms with Crippen molar-refractivity contribution < 1.29 is 22.8 Å². The van der Waals surface area contributed by atoms with Gasteiger partial charge in [-0.2, -0.15) is 13.2 Å². The molecule has 2 aromatic rings. The minimum atomic E-state index is -4.42. The van der Waals surface area contributed by atoms with Gasteiger partial charge in [-0.15, -0.1) is 0 Å². The second-order valence-electron chi connectivity index (χ2n) is 9.39. The van der Waals surface area contributed by atoms with Gasteiger partial charge in [0.2, 0.25) is 5.91 Å². The summed E-state index contributed by atoms with van der Waals surface area (Å²) in [7, 11) is 0. The molecule has 1 fully saturated rings. The molecule has 2 aliphatic heterocycles. The third-order valence-electron chi connectivity index (χ3n) is 6.83. The van der Waals surface area contributed by atoms with E-state index in [4.69, 9.17) is 0 Å². The lowest BCUT2D eigenvalue weighted by atomic mass is 10.00. The van der Waals surface area contributed by atoms with Crippen LogP contribution in [0, 0.1) is 0 Å². The Balaban J connectivity index is 1.40. The average Bonchev–Trinajstić information content (AvgIpc) is 2.89. The molecule has 2 amide bonds. The first-order valence-electron chi connectivity index (χ1n) is 12.7. The average molecular weight is 532 g/mol. The van der Waals surface area contributed by atoms with Crippen molar-refractivity contribution in [1.29, 1.82) is 0 Å². The molecule has 0 aliphatic carbocycles. The molecular weight excluding hydrogens is 499 g/mol. The summed E-state index contributed by atoms with van der Waals surface area (Å²) < 4.78 is 38.7. The second-order valence-corrected chi connectivity index (χ2v) is 10.5. The lowest BCUT2D eigenvalue weighted by molar-refractivity contribution is -0.137. The summed E-state index contributed by atoms with van der Waals surface area (Å²) in [4.78, 5) is 31.2. The van der Waals surface area contributed by atoms with E-state index in [1.165, 1.54) is 48.1 Å². The molecule has 1 atom stereocenters. The predicted octanol–water partition coefficient (Wildman–Crippen LogP) is 5.96. The van der Waals surface area contributed by atoms with Crippen LogP contribution in [-0.4, -0.2) is 48.9 Å². The number of piperidine rings is 1. The molecule has 0 bridgehead atoms. The Hall–Kier alpha value is -2.78. The van der Waals surface area contributed by atoms with Crippen molar-refractivity contribution in [2.24, 2.45) is 0 Å². The van der Waals surface area contributed by atoms with E-state index in [2.05, 4.69) is 17.1 Å². The number of carbonyl (C=O) groups excluding carboxylic acids is 2. The summed E-state index contributed by atoms with van der Waals surface area (Å²) >= 11 is 1.25. The fraction of sp³-hybridized carbons (Fsp3) is 0.429. The van der Waals surface area contributed by atoms with E-state index in [9.17, 15) is 22.8 Å². The van der Waals surface area contributed by atoms with Crippen molar-refractivity contribution in [2.45, 2.75) is 56.1 Å². The van der Waals surface area contributed by atoms with Crippen LogP contribution >= 0.6 is 11.8 Å². The number of hydrogen-bond donors (Lipinski definition) is 1. The van der Waals surface area contributed by atoms with Gasteiger partial charge < -0.3 is 10.2 Å². The van der Waals surface area contributed by atoms with Crippen LogP contribution in [0.3, 0.4) is 0 Å². The molecule has 2 aliphatic rings. The largest absolute Gasteiger partial charge is 0.416 e. The maximum absolute atomic E-state index is 13.3.